The van der Waals surface area contributed by atoms with Gasteiger partial charge in [0.2, 0.25) is 15.9 Å². The summed E-state index contributed by atoms with van der Waals surface area (Å²) < 4.78 is 33.5. The molecule has 4 rings (SSSR count). The molecule has 1 amide bonds. The number of sulfonamides is 1. The molecule has 0 saturated carbocycles. The van der Waals surface area contributed by atoms with E-state index in [0.29, 0.717) is 30.6 Å². The van der Waals surface area contributed by atoms with Gasteiger partial charge in [-0.2, -0.15) is 4.31 Å². The Hall–Kier alpha value is -2.43. The maximum atomic E-state index is 13.1. The number of H-pyrrole nitrogens is 1. The second-order valence-electron chi connectivity index (χ2n) is 7.33. The van der Waals surface area contributed by atoms with Crippen LogP contribution in [0.1, 0.15) is 18.4 Å². The van der Waals surface area contributed by atoms with Crippen LogP contribution in [0.25, 0.3) is 11.1 Å². The second-order valence-corrected chi connectivity index (χ2v) is 10.1. The van der Waals surface area contributed by atoms with E-state index in [9.17, 15) is 18.0 Å². The average Bonchev–Trinajstić information content (AvgIpc) is 3.10. The minimum Gasteiger partial charge on any atom is -0.408 e. The van der Waals surface area contributed by atoms with Gasteiger partial charge in [-0.1, -0.05) is 15.9 Å². The van der Waals surface area contributed by atoms with Crippen molar-refractivity contribution in [3.8, 4) is 0 Å². The lowest BCUT2D eigenvalue weighted by atomic mass is 9.98. The van der Waals surface area contributed by atoms with E-state index in [-0.39, 0.29) is 22.9 Å². The van der Waals surface area contributed by atoms with Crippen molar-refractivity contribution in [1.29, 1.82) is 0 Å². The van der Waals surface area contributed by atoms with Crippen LogP contribution in [0.5, 0.6) is 0 Å². The van der Waals surface area contributed by atoms with Crippen molar-refractivity contribution in [2.24, 2.45) is 5.92 Å². The predicted molar refractivity (Wildman–Crippen MR) is 116 cm³/mol. The number of aryl methyl sites for hydroxylation is 1. The Labute approximate surface area is 181 Å². The van der Waals surface area contributed by atoms with Crippen LogP contribution in [0, 0.1) is 12.8 Å². The first-order valence-electron chi connectivity index (χ1n) is 9.44. The van der Waals surface area contributed by atoms with Crippen LogP contribution in [0.3, 0.4) is 0 Å². The molecule has 0 bridgehead atoms. The molecule has 0 radical (unpaired) electrons. The highest BCUT2D eigenvalue weighted by atomic mass is 79.9. The average molecular weight is 494 g/mol. The fraction of sp³-hybridized carbons (Fsp3) is 0.300. The molecule has 1 aromatic heterocycles. The second kappa shape index (κ2) is 8.01. The van der Waals surface area contributed by atoms with Crippen LogP contribution in [0.2, 0.25) is 0 Å². The largest absolute Gasteiger partial charge is 0.417 e. The lowest BCUT2D eigenvalue weighted by Crippen LogP contribution is -2.43. The van der Waals surface area contributed by atoms with E-state index < -0.39 is 21.7 Å². The number of piperidine rings is 1. The predicted octanol–water partition coefficient (Wildman–Crippen LogP) is 3.23. The van der Waals surface area contributed by atoms with Crippen LogP contribution < -0.4 is 11.1 Å². The summed E-state index contributed by atoms with van der Waals surface area (Å²) >= 11 is 3.43. The quantitative estimate of drug-likeness (QED) is 0.579. The monoisotopic (exact) mass is 493 g/mol. The van der Waals surface area contributed by atoms with Gasteiger partial charge < -0.3 is 9.73 Å². The summed E-state index contributed by atoms with van der Waals surface area (Å²) in [6.45, 7) is 2.36. The highest BCUT2D eigenvalue weighted by Gasteiger charge is 2.33. The number of hydrogen-bond donors (Lipinski definition) is 2. The Morgan fingerprint density at radius 3 is 2.83 bits per heavy atom. The highest BCUT2D eigenvalue weighted by Crippen LogP contribution is 2.27. The summed E-state index contributed by atoms with van der Waals surface area (Å²) in [5, 5.41) is 2.88. The number of benzene rings is 2. The summed E-state index contributed by atoms with van der Waals surface area (Å²) in [6, 6.07) is 9.77. The van der Waals surface area contributed by atoms with Crippen LogP contribution in [-0.4, -0.2) is 36.7 Å². The van der Waals surface area contributed by atoms with E-state index in [0.717, 1.165) is 10.0 Å². The maximum Gasteiger partial charge on any atom is 0.417 e. The number of aromatic amines is 1. The number of anilines is 1. The highest BCUT2D eigenvalue weighted by molar-refractivity contribution is 9.10. The van der Waals surface area contributed by atoms with Gasteiger partial charge in [0.25, 0.3) is 0 Å². The SMILES string of the molecule is Cc1cc(NC(=O)[C@H]2CCCN(S(=O)(=O)c3ccc4[nH]c(=O)oc4c3)C2)ccc1Br. The van der Waals surface area contributed by atoms with Crippen molar-refractivity contribution in [1.82, 2.24) is 9.29 Å². The van der Waals surface area contributed by atoms with Gasteiger partial charge in [-0.3, -0.25) is 9.78 Å². The third-order valence-corrected chi connectivity index (χ3v) is 7.96. The summed E-state index contributed by atoms with van der Waals surface area (Å²) in [4.78, 5) is 26.6. The normalized spacial score (nSPS) is 17.9. The minimum atomic E-state index is -3.82. The fourth-order valence-electron chi connectivity index (χ4n) is 3.58. The van der Waals surface area contributed by atoms with Gasteiger partial charge in [0.05, 0.1) is 16.3 Å². The molecule has 2 aromatic carbocycles. The first-order valence-corrected chi connectivity index (χ1v) is 11.7. The number of carbonyl (C=O) groups excluding carboxylic acids is 1. The summed E-state index contributed by atoms with van der Waals surface area (Å²) in [5.74, 6) is -1.30. The smallest absolute Gasteiger partial charge is 0.408 e. The molecule has 0 aliphatic carbocycles. The molecule has 8 nitrogen and oxygen atoms in total. The molecule has 1 aliphatic heterocycles. The molecule has 1 atom stereocenters. The first-order chi connectivity index (χ1) is 14.2. The number of fused-ring (bicyclic) bond motifs is 1. The van der Waals surface area contributed by atoms with Crippen LogP contribution in [-0.2, 0) is 14.8 Å². The van der Waals surface area contributed by atoms with Gasteiger partial charge in [0.15, 0.2) is 5.58 Å². The number of amides is 1. The van der Waals surface area contributed by atoms with Crippen molar-refractivity contribution < 1.29 is 17.6 Å². The molecular formula is C20H20BrN3O5S. The van der Waals surface area contributed by atoms with E-state index in [1.165, 1.54) is 22.5 Å². The third kappa shape index (κ3) is 4.07. The zero-order chi connectivity index (χ0) is 21.5. The Bertz CT molecular complexity index is 1280. The van der Waals surface area contributed by atoms with Crippen molar-refractivity contribution in [2.75, 3.05) is 18.4 Å². The molecule has 10 heteroatoms. The molecule has 30 heavy (non-hydrogen) atoms. The van der Waals surface area contributed by atoms with Crippen molar-refractivity contribution in [2.45, 2.75) is 24.7 Å². The van der Waals surface area contributed by atoms with E-state index in [1.54, 1.807) is 6.07 Å². The number of oxazole rings is 1. The topological polar surface area (TPSA) is 112 Å². The zero-order valence-electron chi connectivity index (χ0n) is 16.1. The summed E-state index contributed by atoms with van der Waals surface area (Å²) in [7, 11) is -3.82. The van der Waals surface area contributed by atoms with Crippen molar-refractivity contribution in [3.05, 3.63) is 57.0 Å². The van der Waals surface area contributed by atoms with Gasteiger partial charge in [0.1, 0.15) is 0 Å². The van der Waals surface area contributed by atoms with Crippen molar-refractivity contribution >= 4 is 48.6 Å². The fourth-order valence-corrected chi connectivity index (χ4v) is 5.36. The molecule has 0 spiro atoms. The number of nitrogens with zero attached hydrogens (tertiary/aromatic N) is 1. The van der Waals surface area contributed by atoms with Crippen LogP contribution in [0.4, 0.5) is 5.69 Å². The molecule has 2 N–H and O–H groups in total. The first kappa shape index (κ1) is 20.8. The number of rotatable bonds is 4. The lowest BCUT2D eigenvalue weighted by Gasteiger charge is -2.31. The maximum absolute atomic E-state index is 13.1. The van der Waals surface area contributed by atoms with Crippen molar-refractivity contribution in [3.63, 3.8) is 0 Å². The molecule has 158 valence electrons. The van der Waals surface area contributed by atoms with Crippen LogP contribution in [0.15, 0.2) is 55.0 Å². The molecule has 2 heterocycles. The van der Waals surface area contributed by atoms with Gasteiger partial charge in [-0.05, 0) is 55.7 Å². The lowest BCUT2D eigenvalue weighted by molar-refractivity contribution is -0.120. The van der Waals surface area contributed by atoms with E-state index in [1.807, 2.05) is 19.1 Å². The summed E-state index contributed by atoms with van der Waals surface area (Å²) in [5.41, 5.74) is 2.28. The number of aromatic nitrogens is 1. The molecular weight excluding hydrogens is 474 g/mol. The number of halogens is 1. The third-order valence-electron chi connectivity index (χ3n) is 5.21. The van der Waals surface area contributed by atoms with E-state index in [4.69, 9.17) is 4.42 Å². The van der Waals surface area contributed by atoms with Gasteiger partial charge in [0, 0.05) is 29.3 Å². The Kier molecular flexibility index (Phi) is 5.56. The Morgan fingerprint density at radius 2 is 2.07 bits per heavy atom. The zero-order valence-corrected chi connectivity index (χ0v) is 18.5. The van der Waals surface area contributed by atoms with E-state index in [2.05, 4.69) is 26.2 Å². The molecule has 0 unspecified atom stereocenters. The number of hydrogen-bond acceptors (Lipinski definition) is 5. The molecule has 3 aromatic rings. The molecule has 1 saturated heterocycles. The molecule has 1 fully saturated rings. The van der Waals surface area contributed by atoms with E-state index >= 15 is 0 Å². The molecule has 1 aliphatic rings. The standard InChI is InChI=1S/C20H20BrN3O5S/c1-12-9-14(4-6-16(12)21)22-19(25)13-3-2-8-24(11-13)30(27,28)15-5-7-17-18(10-15)29-20(26)23-17/h4-7,9-10,13H,2-3,8,11H2,1H3,(H,22,25)(H,23,26)/t13-/m0/s1. The minimum absolute atomic E-state index is 0.0299. The Morgan fingerprint density at radius 1 is 1.27 bits per heavy atom. The van der Waals surface area contributed by atoms with Gasteiger partial charge in [-0.25, -0.2) is 13.2 Å². The van der Waals surface area contributed by atoms with Crippen LogP contribution >= 0.6 is 15.9 Å². The number of nitrogens with one attached hydrogen (secondary N) is 2. The van der Waals surface area contributed by atoms with Gasteiger partial charge in [-0.15, -0.1) is 0 Å². The summed E-state index contributed by atoms with van der Waals surface area (Å²) in [6.07, 6.45) is 1.19. The Balaban J connectivity index is 1.52. The van der Waals surface area contributed by atoms with Gasteiger partial charge >= 0.3 is 5.76 Å². The number of carbonyl (C=O) groups is 1.